The molecule has 0 radical (unpaired) electrons. The second-order valence-electron chi connectivity index (χ2n) is 3.46. The van der Waals surface area contributed by atoms with E-state index in [0.717, 1.165) is 6.07 Å². The molecule has 2 nitrogen and oxygen atoms in total. The van der Waals surface area contributed by atoms with E-state index >= 15 is 0 Å². The minimum Gasteiger partial charge on any atom is -0.504 e. The normalized spacial score (nSPS) is 10.3. The lowest BCUT2D eigenvalue weighted by Gasteiger charge is -2.09. The Labute approximate surface area is 97.1 Å². The molecule has 1 N–H and O–H groups in total. The molecule has 0 saturated carbocycles. The number of aromatic hydroxyl groups is 1. The number of phenolic OH excluding ortho intramolecular Hbond substituents is 1. The Hall–Kier alpha value is -2.10. The molecule has 0 unspecified atom stereocenters. The van der Waals surface area contributed by atoms with Crippen LogP contribution >= 0.6 is 0 Å². The summed E-state index contributed by atoms with van der Waals surface area (Å²) in [6.45, 7) is 0. The van der Waals surface area contributed by atoms with E-state index in [2.05, 4.69) is 0 Å². The van der Waals surface area contributed by atoms with Crippen LogP contribution in [0.1, 0.15) is 0 Å². The van der Waals surface area contributed by atoms with Crippen molar-refractivity contribution < 1.29 is 18.6 Å². The summed E-state index contributed by atoms with van der Waals surface area (Å²) in [5, 5.41) is 9.84. The Morgan fingerprint density at radius 1 is 1.00 bits per heavy atom. The number of hydrogen-bond acceptors (Lipinski definition) is 2. The molecule has 2 aromatic rings. The average Bonchev–Trinajstić information content (AvgIpc) is 2.33. The third kappa shape index (κ3) is 1.93. The predicted octanol–water partition coefficient (Wildman–Crippen LogP) is 3.35. The van der Waals surface area contributed by atoms with Crippen LogP contribution in [-0.2, 0) is 0 Å². The molecule has 0 saturated heterocycles. The SMILES string of the molecule is COc1cccc(-c2cccc(F)c2F)c1O. The number of methoxy groups -OCH3 is 1. The molecule has 0 aliphatic carbocycles. The van der Waals surface area contributed by atoms with Crippen LogP contribution in [0, 0.1) is 11.6 Å². The van der Waals surface area contributed by atoms with Gasteiger partial charge in [-0.05, 0) is 12.1 Å². The summed E-state index contributed by atoms with van der Waals surface area (Å²) in [6.07, 6.45) is 0. The summed E-state index contributed by atoms with van der Waals surface area (Å²) in [6, 6.07) is 8.43. The van der Waals surface area contributed by atoms with Crippen molar-refractivity contribution in [2.75, 3.05) is 7.11 Å². The van der Waals surface area contributed by atoms with Crippen molar-refractivity contribution in [1.82, 2.24) is 0 Å². The first-order chi connectivity index (χ1) is 8.15. The zero-order valence-electron chi connectivity index (χ0n) is 9.08. The number of phenols is 1. The van der Waals surface area contributed by atoms with Crippen LogP contribution in [0.15, 0.2) is 36.4 Å². The number of ether oxygens (including phenoxy) is 1. The lowest BCUT2D eigenvalue weighted by atomic mass is 10.0. The van der Waals surface area contributed by atoms with Crippen LogP contribution in [0.2, 0.25) is 0 Å². The van der Waals surface area contributed by atoms with Crippen molar-refractivity contribution in [3.05, 3.63) is 48.0 Å². The van der Waals surface area contributed by atoms with Gasteiger partial charge in [0.2, 0.25) is 0 Å². The highest BCUT2D eigenvalue weighted by molar-refractivity contribution is 5.73. The van der Waals surface area contributed by atoms with Crippen LogP contribution in [-0.4, -0.2) is 12.2 Å². The second-order valence-corrected chi connectivity index (χ2v) is 3.46. The lowest BCUT2D eigenvalue weighted by Crippen LogP contribution is -1.91. The van der Waals surface area contributed by atoms with Gasteiger partial charge in [0, 0.05) is 11.1 Å². The van der Waals surface area contributed by atoms with Crippen molar-refractivity contribution in [3.8, 4) is 22.6 Å². The van der Waals surface area contributed by atoms with Gasteiger partial charge in [-0.3, -0.25) is 0 Å². The minimum atomic E-state index is -0.990. The third-order valence-electron chi connectivity index (χ3n) is 2.46. The first kappa shape index (κ1) is 11.4. The largest absolute Gasteiger partial charge is 0.504 e. The van der Waals surface area contributed by atoms with Gasteiger partial charge in [0.05, 0.1) is 7.11 Å². The van der Waals surface area contributed by atoms with Gasteiger partial charge in [-0.2, -0.15) is 0 Å². The maximum absolute atomic E-state index is 13.6. The fourth-order valence-electron chi connectivity index (χ4n) is 1.62. The Balaban J connectivity index is 2.65. The van der Waals surface area contributed by atoms with E-state index in [1.54, 1.807) is 6.07 Å². The Morgan fingerprint density at radius 2 is 1.65 bits per heavy atom. The first-order valence-corrected chi connectivity index (χ1v) is 4.95. The molecule has 0 aliphatic heterocycles. The molecule has 2 rings (SSSR count). The van der Waals surface area contributed by atoms with E-state index in [-0.39, 0.29) is 22.6 Å². The van der Waals surface area contributed by atoms with Crippen molar-refractivity contribution in [2.24, 2.45) is 0 Å². The average molecular weight is 236 g/mol. The van der Waals surface area contributed by atoms with E-state index in [1.807, 2.05) is 0 Å². The van der Waals surface area contributed by atoms with Gasteiger partial charge < -0.3 is 9.84 Å². The molecule has 0 fully saturated rings. The van der Waals surface area contributed by atoms with Crippen molar-refractivity contribution in [3.63, 3.8) is 0 Å². The van der Waals surface area contributed by atoms with E-state index in [1.165, 1.54) is 31.4 Å². The Bertz CT molecular complexity index is 553. The standard InChI is InChI=1S/C13H10F2O2/c1-17-11-7-3-5-9(13(11)16)8-4-2-6-10(14)12(8)15/h2-7,16H,1H3. The Morgan fingerprint density at radius 3 is 2.35 bits per heavy atom. The predicted molar refractivity (Wildman–Crippen MR) is 60.0 cm³/mol. The molecule has 0 spiro atoms. The number of para-hydroxylation sites is 1. The van der Waals surface area contributed by atoms with E-state index in [4.69, 9.17) is 4.74 Å². The maximum atomic E-state index is 13.6. The topological polar surface area (TPSA) is 29.5 Å². The smallest absolute Gasteiger partial charge is 0.166 e. The summed E-state index contributed by atoms with van der Waals surface area (Å²) in [5.41, 5.74) is 0.197. The van der Waals surface area contributed by atoms with Crippen LogP contribution in [0.5, 0.6) is 11.5 Å². The number of hydrogen-bond donors (Lipinski definition) is 1. The number of benzene rings is 2. The van der Waals surface area contributed by atoms with Gasteiger partial charge in [0.25, 0.3) is 0 Å². The van der Waals surface area contributed by atoms with Crippen molar-refractivity contribution in [2.45, 2.75) is 0 Å². The van der Waals surface area contributed by atoms with E-state index in [0.29, 0.717) is 0 Å². The fraction of sp³-hybridized carbons (Fsp3) is 0.0769. The second kappa shape index (κ2) is 4.41. The van der Waals surface area contributed by atoms with Gasteiger partial charge >= 0.3 is 0 Å². The highest BCUT2D eigenvalue weighted by atomic mass is 19.2. The zero-order valence-corrected chi connectivity index (χ0v) is 9.08. The van der Waals surface area contributed by atoms with Crippen molar-refractivity contribution >= 4 is 0 Å². The molecule has 0 bridgehead atoms. The van der Waals surface area contributed by atoms with Gasteiger partial charge in [-0.25, -0.2) is 8.78 Å². The molecule has 0 aliphatic rings. The monoisotopic (exact) mass is 236 g/mol. The summed E-state index contributed by atoms with van der Waals surface area (Å²) >= 11 is 0. The first-order valence-electron chi connectivity index (χ1n) is 4.95. The van der Waals surface area contributed by atoms with Crippen LogP contribution in [0.25, 0.3) is 11.1 Å². The van der Waals surface area contributed by atoms with E-state index < -0.39 is 11.6 Å². The van der Waals surface area contributed by atoms with Gasteiger partial charge in [-0.15, -0.1) is 0 Å². The number of halogens is 2. The molecule has 0 amide bonds. The highest BCUT2D eigenvalue weighted by Gasteiger charge is 2.15. The van der Waals surface area contributed by atoms with Crippen LogP contribution < -0.4 is 4.74 Å². The number of rotatable bonds is 2. The molecule has 17 heavy (non-hydrogen) atoms. The van der Waals surface area contributed by atoms with E-state index in [9.17, 15) is 13.9 Å². The summed E-state index contributed by atoms with van der Waals surface area (Å²) in [5.74, 6) is -1.94. The summed E-state index contributed by atoms with van der Waals surface area (Å²) in [7, 11) is 1.39. The zero-order chi connectivity index (χ0) is 12.4. The van der Waals surface area contributed by atoms with Crippen LogP contribution in [0.4, 0.5) is 8.78 Å². The van der Waals surface area contributed by atoms with Crippen LogP contribution in [0.3, 0.4) is 0 Å². The van der Waals surface area contributed by atoms with Gasteiger partial charge in [0.15, 0.2) is 23.1 Å². The minimum absolute atomic E-state index is 0.00130. The summed E-state index contributed by atoms with van der Waals surface area (Å²) in [4.78, 5) is 0. The molecule has 4 heteroatoms. The molecular formula is C13H10F2O2. The van der Waals surface area contributed by atoms with Crippen molar-refractivity contribution in [1.29, 1.82) is 0 Å². The molecule has 0 atom stereocenters. The molecule has 2 aromatic carbocycles. The molecule has 0 aromatic heterocycles. The maximum Gasteiger partial charge on any atom is 0.166 e. The lowest BCUT2D eigenvalue weighted by molar-refractivity contribution is 0.374. The molecular weight excluding hydrogens is 226 g/mol. The van der Waals surface area contributed by atoms with Gasteiger partial charge in [0.1, 0.15) is 0 Å². The quantitative estimate of drug-likeness (QED) is 0.866. The highest BCUT2D eigenvalue weighted by Crippen LogP contribution is 2.38. The summed E-state index contributed by atoms with van der Waals surface area (Å²) < 4.78 is 31.6. The Kier molecular flexibility index (Phi) is 2.95. The molecule has 88 valence electrons. The van der Waals surface area contributed by atoms with Gasteiger partial charge in [-0.1, -0.05) is 24.3 Å². The molecule has 0 heterocycles. The third-order valence-corrected chi connectivity index (χ3v) is 2.46. The fourth-order valence-corrected chi connectivity index (χ4v) is 1.62.